The zero-order valence-electron chi connectivity index (χ0n) is 9.41. The van der Waals surface area contributed by atoms with Gasteiger partial charge in [0.15, 0.2) is 0 Å². The number of rotatable bonds is 2. The second-order valence-corrected chi connectivity index (χ2v) is 36.3. The topological polar surface area (TPSA) is 0 Å². The Bertz CT molecular complexity index is 844. The van der Waals surface area contributed by atoms with Crippen molar-refractivity contribution in [1.29, 1.82) is 0 Å². The molecule has 15 heavy (non-hydrogen) atoms. The Morgan fingerprint density at radius 2 is 1.13 bits per heavy atom. The molecule has 10 rings (SSSR count). The summed E-state index contributed by atoms with van der Waals surface area (Å²) in [6.07, 6.45) is 3.35. The van der Waals surface area contributed by atoms with E-state index in [-0.39, 0.29) is 0 Å². The van der Waals surface area contributed by atoms with E-state index in [1.165, 1.54) is 18.3 Å². The average Bonchev–Trinajstić information content (AvgIpc) is 3.21. The predicted octanol–water partition coefficient (Wildman–Crippen LogP) is 4.94. The van der Waals surface area contributed by atoms with Gasteiger partial charge in [0, 0.05) is 0 Å². The second-order valence-electron chi connectivity index (χ2n) is 11.3. The van der Waals surface area contributed by atoms with Gasteiger partial charge in [-0.05, 0) is 0 Å². The summed E-state index contributed by atoms with van der Waals surface area (Å²) in [5.41, 5.74) is 0. The molecule has 81 valence electrons. The van der Waals surface area contributed by atoms with E-state index in [0.29, 0.717) is 0 Å². The quantitative estimate of drug-likeness (QED) is 0.601. The molecule has 10 fully saturated rings. The fourth-order valence-electron chi connectivity index (χ4n) is 21.0. The second kappa shape index (κ2) is 0.380. The molecule has 0 aliphatic carbocycles. The van der Waals surface area contributed by atoms with Crippen molar-refractivity contribution in [3.63, 3.8) is 0 Å². The van der Waals surface area contributed by atoms with Crippen molar-refractivity contribution < 1.29 is 6.51 Å². The molecule has 0 bridgehead atoms. The first kappa shape index (κ1) is 5.44. The Hall–Kier alpha value is 0.519. The van der Waals surface area contributed by atoms with Crippen LogP contribution in [0.1, 0.15) is 26.7 Å². The van der Waals surface area contributed by atoms with E-state index in [9.17, 15) is 0 Å². The summed E-state index contributed by atoms with van der Waals surface area (Å²) < 4.78 is 2.38. The van der Waals surface area contributed by atoms with Crippen molar-refractivity contribution in [2.24, 2.45) is 0 Å². The van der Waals surface area contributed by atoms with Crippen LogP contribution in [-0.4, -0.2) is 0 Å². The van der Waals surface area contributed by atoms with E-state index in [4.69, 9.17) is 0 Å². The predicted molar refractivity (Wildman–Crippen MR) is 56.0 cm³/mol. The molecule has 0 nitrogen and oxygen atoms in total. The summed E-state index contributed by atoms with van der Waals surface area (Å²) in [6.45, 7) is 2.41. The van der Waals surface area contributed by atoms with Gasteiger partial charge in [-0.1, -0.05) is 0 Å². The molecule has 0 amide bonds. The van der Waals surface area contributed by atoms with Crippen LogP contribution in [0.4, 0.5) is 0 Å². The molecule has 0 N–H and O–H groups in total. The molecule has 0 aromatic heterocycles. The molecule has 4 atom stereocenters. The van der Waals surface area contributed by atoms with Crippen LogP contribution in [0.2, 0.25) is 47.2 Å². The van der Waals surface area contributed by atoms with Gasteiger partial charge in [0.1, 0.15) is 0 Å². The first-order chi connectivity index (χ1) is 7.06. The van der Waals surface area contributed by atoms with Crippen molar-refractivity contribution in [3.8, 4) is 0 Å². The Morgan fingerprint density at radius 1 is 0.733 bits per heavy atom. The normalized spacial score (nSPS) is 139. The van der Waals surface area contributed by atoms with Crippen LogP contribution in [0.25, 0.3) is 0 Å². The third-order valence-electron chi connectivity index (χ3n) is 17.5. The molecule has 10 aliphatic rings. The SMILES string of the molecule is CC[C]12[CH]3[CH]4[CH]5[C]1(CC)[Mn]43521678[CH]2[CH]1[CH]6[CH]7[CH]28. The zero-order valence-corrected chi connectivity index (χ0v) is 10.6. The maximum absolute atomic E-state index is 2.82. The Morgan fingerprint density at radius 3 is 1.27 bits per heavy atom. The average molecular weight is 241 g/mol. The number of hydrogen-bond acceptors (Lipinski definition) is 0. The molecular formula is C14H18Mn. The van der Waals surface area contributed by atoms with E-state index in [0.717, 1.165) is 0 Å². The summed E-state index contributed by atoms with van der Waals surface area (Å²) in [7, 11) is 0. The molecule has 10 heterocycles. The van der Waals surface area contributed by atoms with Crippen LogP contribution in [0, 0.1) is 0 Å². The minimum absolute atomic E-state index is 1.19. The van der Waals surface area contributed by atoms with Gasteiger partial charge in [-0.2, -0.15) is 0 Å². The van der Waals surface area contributed by atoms with Crippen LogP contribution in [0.15, 0.2) is 0 Å². The van der Waals surface area contributed by atoms with Crippen LogP contribution in [0.3, 0.4) is 0 Å². The van der Waals surface area contributed by atoms with Crippen molar-refractivity contribution in [2.45, 2.75) is 73.8 Å². The van der Waals surface area contributed by atoms with Gasteiger partial charge in [-0.3, -0.25) is 0 Å². The van der Waals surface area contributed by atoms with Gasteiger partial charge in [-0.25, -0.2) is 0 Å². The molecule has 0 aromatic carbocycles. The van der Waals surface area contributed by atoms with Gasteiger partial charge in [0.2, 0.25) is 0 Å². The van der Waals surface area contributed by atoms with Gasteiger partial charge >= 0.3 is 80.4 Å². The van der Waals surface area contributed by atoms with Gasteiger partial charge in [-0.15, -0.1) is 0 Å². The third kappa shape index (κ3) is 0.0417. The first-order valence-corrected chi connectivity index (χ1v) is 14.0. The zero-order chi connectivity index (χ0) is 9.35. The van der Waals surface area contributed by atoms with Crippen LogP contribution in [0.5, 0.6) is 0 Å². The third-order valence-corrected chi connectivity index (χ3v) is 65.0. The Balaban J connectivity index is 1.90. The summed E-state index contributed by atoms with van der Waals surface area (Å²) >= 11 is 0. The molecular weight excluding hydrogens is 223 g/mol. The van der Waals surface area contributed by atoms with Gasteiger partial charge < -0.3 is 0 Å². The van der Waals surface area contributed by atoms with E-state index in [1.807, 2.05) is 0 Å². The molecule has 0 saturated carbocycles. The van der Waals surface area contributed by atoms with E-state index in [1.54, 1.807) is 41.7 Å². The number of hydrogen-bond donors (Lipinski definition) is 0. The Labute approximate surface area is 80.5 Å². The summed E-state index contributed by atoms with van der Waals surface area (Å²) in [6, 6.07) is 0. The van der Waals surface area contributed by atoms with Crippen LogP contribution < -0.4 is 0 Å². The van der Waals surface area contributed by atoms with Crippen molar-refractivity contribution in [2.75, 3.05) is 0 Å². The summed E-state index contributed by atoms with van der Waals surface area (Å²) in [5, 5.41) is 0. The van der Waals surface area contributed by atoms with Crippen molar-refractivity contribution in [3.05, 3.63) is 0 Å². The molecule has 10 aliphatic heterocycles. The molecule has 10 saturated heterocycles. The minimum atomic E-state index is -2.82. The fourth-order valence-corrected chi connectivity index (χ4v) is 108. The molecule has 1 spiro atoms. The van der Waals surface area contributed by atoms with Crippen LogP contribution >= 0.6 is 0 Å². The summed E-state index contributed by atoms with van der Waals surface area (Å²) in [5.74, 6) is 0. The van der Waals surface area contributed by atoms with E-state index in [2.05, 4.69) is 13.8 Å². The molecule has 1 heteroatoms. The monoisotopic (exact) mass is 241 g/mol. The Kier molecular flexibility index (Phi) is 0.138. The molecule has 0 aromatic rings. The van der Waals surface area contributed by atoms with Crippen molar-refractivity contribution in [1.82, 2.24) is 0 Å². The molecule has 4 unspecified atom stereocenters. The standard InChI is InChI=1S/C9H13.C5H5.Mn/c1-3-8-6-5-7-9(8)4-2;1-2-4-5-3-1;/h5-7H,3-4H2,1-2H3;1-5H;. The van der Waals surface area contributed by atoms with Crippen molar-refractivity contribution >= 4 is 0 Å². The van der Waals surface area contributed by atoms with Gasteiger partial charge in [0.25, 0.3) is 0 Å². The maximum atomic E-state index is 2.61. The van der Waals surface area contributed by atoms with E-state index < -0.39 is 6.51 Å². The van der Waals surface area contributed by atoms with Crippen LogP contribution in [-0.2, 0) is 6.51 Å². The fraction of sp³-hybridized carbons (Fsp3) is 1.00. The first-order valence-electron chi connectivity index (χ1n) is 7.41. The number of fused-ring (bicyclic) bond motifs is 10. The molecule has 0 radical (unpaired) electrons. The van der Waals surface area contributed by atoms with Gasteiger partial charge in [0.05, 0.1) is 0 Å². The summed E-state index contributed by atoms with van der Waals surface area (Å²) in [4.78, 5) is 12.3. The van der Waals surface area contributed by atoms with E-state index >= 15 is 0 Å².